The number of fused-ring (bicyclic) bond motifs is 1. The molecule has 1 unspecified atom stereocenters. The Morgan fingerprint density at radius 1 is 1.23 bits per heavy atom. The number of aliphatic hydroxyl groups excluding tert-OH is 1. The number of benzene rings is 1. The molecule has 2 N–H and O–H groups in total. The number of hydrogen-bond acceptors (Lipinski definition) is 4. The van der Waals surface area contributed by atoms with Crippen molar-refractivity contribution >= 4 is 0 Å². The van der Waals surface area contributed by atoms with Crippen LogP contribution in [0.1, 0.15) is 56.6 Å². The van der Waals surface area contributed by atoms with E-state index in [1.807, 2.05) is 6.07 Å². The summed E-state index contributed by atoms with van der Waals surface area (Å²) in [7, 11) is 1.69. The van der Waals surface area contributed by atoms with E-state index in [0.29, 0.717) is 19.3 Å². The molecule has 0 spiro atoms. The molecule has 3 aliphatic rings. The van der Waals surface area contributed by atoms with Gasteiger partial charge in [-0.3, -0.25) is 4.90 Å². The van der Waals surface area contributed by atoms with Gasteiger partial charge in [0.25, 0.3) is 0 Å². The lowest BCUT2D eigenvalue weighted by Gasteiger charge is -2.61. The molecule has 4 rings (SSSR count). The molecule has 2 saturated carbocycles. The molecule has 2 aliphatic carbocycles. The normalized spacial score (nSPS) is 38.0. The van der Waals surface area contributed by atoms with Gasteiger partial charge in [0.1, 0.15) is 5.75 Å². The van der Waals surface area contributed by atoms with Crippen LogP contribution >= 0.6 is 0 Å². The number of piperidine rings is 1. The molecule has 4 nitrogen and oxygen atoms in total. The minimum atomic E-state index is -0.809. The summed E-state index contributed by atoms with van der Waals surface area (Å²) < 4.78 is 5.49. The van der Waals surface area contributed by atoms with Crippen LogP contribution in [0.25, 0.3) is 0 Å². The number of rotatable bonds is 4. The fourth-order valence-corrected chi connectivity index (χ4v) is 5.67. The molecule has 4 atom stereocenters. The van der Waals surface area contributed by atoms with Crippen molar-refractivity contribution < 1.29 is 14.9 Å². The van der Waals surface area contributed by atoms with Gasteiger partial charge in [0.15, 0.2) is 0 Å². The Hall–Kier alpha value is -1.10. The Kier molecular flexibility index (Phi) is 4.57. The Balaban J connectivity index is 1.77. The largest absolute Gasteiger partial charge is 0.497 e. The summed E-state index contributed by atoms with van der Waals surface area (Å²) in [6.07, 6.45) is 5.20. The van der Waals surface area contributed by atoms with Crippen LogP contribution in [0.5, 0.6) is 5.75 Å². The van der Waals surface area contributed by atoms with Gasteiger partial charge in [-0.1, -0.05) is 6.07 Å². The van der Waals surface area contributed by atoms with Crippen LogP contribution in [0.4, 0.5) is 0 Å². The number of methoxy groups -OCH3 is 1. The number of hydrogen-bond donors (Lipinski definition) is 2. The van der Waals surface area contributed by atoms with Crippen LogP contribution < -0.4 is 4.74 Å². The van der Waals surface area contributed by atoms with Crippen molar-refractivity contribution in [2.75, 3.05) is 20.2 Å². The number of nitrogens with zero attached hydrogens (tertiary/aromatic N) is 1. The van der Waals surface area contributed by atoms with Gasteiger partial charge in [0.05, 0.1) is 18.8 Å². The van der Waals surface area contributed by atoms with Gasteiger partial charge in [-0.15, -0.1) is 0 Å². The van der Waals surface area contributed by atoms with Crippen molar-refractivity contribution in [2.24, 2.45) is 5.92 Å². The third-order valence-electron chi connectivity index (χ3n) is 7.49. The standard InChI is InChI=1S/C22H33NO3/c1-15-4-7-19(26-3)12-20(15)21-10-11-23(14-17-5-6-17)16(2)22(21,25)9-8-18(24)13-21/h4,7,12,16-18,24-25H,5-6,8-11,13-14H2,1-3H3/t16-,18?,21-,22-/m1/s1. The van der Waals surface area contributed by atoms with Gasteiger partial charge >= 0.3 is 0 Å². The van der Waals surface area contributed by atoms with Gasteiger partial charge in [0, 0.05) is 18.0 Å². The summed E-state index contributed by atoms with van der Waals surface area (Å²) in [6, 6.07) is 6.28. The summed E-state index contributed by atoms with van der Waals surface area (Å²) >= 11 is 0. The van der Waals surface area contributed by atoms with Crippen molar-refractivity contribution in [3.63, 3.8) is 0 Å². The molecule has 1 aromatic rings. The number of likely N-dealkylation sites (tertiary alicyclic amines) is 1. The van der Waals surface area contributed by atoms with Gasteiger partial charge < -0.3 is 14.9 Å². The van der Waals surface area contributed by atoms with Crippen molar-refractivity contribution in [3.8, 4) is 5.75 Å². The van der Waals surface area contributed by atoms with Gasteiger partial charge in [-0.25, -0.2) is 0 Å². The van der Waals surface area contributed by atoms with Crippen molar-refractivity contribution in [1.82, 2.24) is 4.90 Å². The predicted molar refractivity (Wildman–Crippen MR) is 103 cm³/mol. The smallest absolute Gasteiger partial charge is 0.119 e. The average Bonchev–Trinajstić information content (AvgIpc) is 3.44. The Labute approximate surface area is 157 Å². The van der Waals surface area contributed by atoms with E-state index < -0.39 is 11.0 Å². The molecule has 1 saturated heterocycles. The lowest BCUT2D eigenvalue weighted by Crippen LogP contribution is -2.70. The molecule has 1 aliphatic heterocycles. The van der Waals surface area contributed by atoms with Gasteiger partial charge in [0.2, 0.25) is 0 Å². The highest BCUT2D eigenvalue weighted by atomic mass is 16.5. The maximum atomic E-state index is 12.1. The highest BCUT2D eigenvalue weighted by molar-refractivity contribution is 5.44. The minimum absolute atomic E-state index is 0.106. The van der Waals surface area contributed by atoms with Crippen molar-refractivity contribution in [1.29, 1.82) is 0 Å². The molecule has 1 aromatic carbocycles. The second kappa shape index (κ2) is 6.50. The molecule has 0 amide bonds. The number of ether oxygens (including phenoxy) is 1. The first-order valence-electron chi connectivity index (χ1n) is 10.2. The van der Waals surface area contributed by atoms with E-state index in [0.717, 1.165) is 36.7 Å². The molecule has 0 radical (unpaired) electrons. The lowest BCUT2D eigenvalue weighted by atomic mass is 9.53. The van der Waals surface area contributed by atoms with Crippen LogP contribution in [-0.4, -0.2) is 53.1 Å². The Morgan fingerprint density at radius 3 is 2.69 bits per heavy atom. The molecular weight excluding hydrogens is 326 g/mol. The predicted octanol–water partition coefficient (Wildman–Crippen LogP) is 3.02. The maximum Gasteiger partial charge on any atom is 0.119 e. The molecule has 3 fully saturated rings. The fourth-order valence-electron chi connectivity index (χ4n) is 5.67. The summed E-state index contributed by atoms with van der Waals surface area (Å²) in [5.74, 6) is 1.65. The zero-order valence-electron chi connectivity index (χ0n) is 16.4. The fraction of sp³-hybridized carbons (Fsp3) is 0.727. The topological polar surface area (TPSA) is 52.9 Å². The zero-order valence-corrected chi connectivity index (χ0v) is 16.4. The second-order valence-corrected chi connectivity index (χ2v) is 8.95. The summed E-state index contributed by atoms with van der Waals surface area (Å²) in [5.41, 5.74) is 1.14. The molecular formula is C22H33NO3. The van der Waals surface area contributed by atoms with Gasteiger partial charge in [-0.2, -0.15) is 0 Å². The Bertz CT molecular complexity index is 673. The van der Waals surface area contributed by atoms with Crippen molar-refractivity contribution in [2.45, 2.75) is 75.5 Å². The molecule has 4 heteroatoms. The van der Waals surface area contributed by atoms with Crippen molar-refractivity contribution in [3.05, 3.63) is 29.3 Å². The highest BCUT2D eigenvalue weighted by Gasteiger charge is 2.61. The summed E-state index contributed by atoms with van der Waals surface area (Å²) in [6.45, 7) is 6.41. The van der Waals surface area contributed by atoms with Crippen LogP contribution in [0.2, 0.25) is 0 Å². The molecule has 1 heterocycles. The SMILES string of the molecule is COc1ccc(C)c([C@]23CCN(CC4CC4)[C@H](C)[C@]2(O)CCC(O)C3)c1. The lowest BCUT2D eigenvalue weighted by molar-refractivity contribution is -0.171. The number of aliphatic hydroxyl groups is 2. The van der Waals surface area contributed by atoms with E-state index in [9.17, 15) is 10.2 Å². The Morgan fingerprint density at radius 2 is 2.00 bits per heavy atom. The van der Waals surface area contributed by atoms with E-state index in [2.05, 4.69) is 30.9 Å². The minimum Gasteiger partial charge on any atom is -0.497 e. The van der Waals surface area contributed by atoms with Crippen LogP contribution in [0.3, 0.4) is 0 Å². The molecule has 0 aromatic heterocycles. The zero-order chi connectivity index (χ0) is 18.5. The first-order chi connectivity index (χ1) is 12.4. The first kappa shape index (κ1) is 18.3. The van der Waals surface area contributed by atoms with E-state index in [-0.39, 0.29) is 12.1 Å². The van der Waals surface area contributed by atoms with Crippen LogP contribution in [0.15, 0.2) is 18.2 Å². The van der Waals surface area contributed by atoms with E-state index in [4.69, 9.17) is 4.74 Å². The van der Waals surface area contributed by atoms with Gasteiger partial charge in [-0.05, 0) is 88.1 Å². The molecule has 144 valence electrons. The third kappa shape index (κ3) is 2.78. The second-order valence-electron chi connectivity index (χ2n) is 8.95. The van der Waals surface area contributed by atoms with E-state index >= 15 is 0 Å². The molecule has 0 bridgehead atoms. The quantitative estimate of drug-likeness (QED) is 0.868. The average molecular weight is 360 g/mol. The molecule has 26 heavy (non-hydrogen) atoms. The summed E-state index contributed by atoms with van der Waals surface area (Å²) in [4.78, 5) is 2.50. The summed E-state index contributed by atoms with van der Waals surface area (Å²) in [5, 5.41) is 22.6. The van der Waals surface area contributed by atoms with E-state index in [1.165, 1.54) is 18.4 Å². The monoisotopic (exact) mass is 359 g/mol. The van der Waals surface area contributed by atoms with E-state index in [1.54, 1.807) is 7.11 Å². The highest BCUT2D eigenvalue weighted by Crippen LogP contribution is 2.55. The maximum absolute atomic E-state index is 12.1. The number of aryl methyl sites for hydroxylation is 1. The van der Waals surface area contributed by atoms with Crippen LogP contribution in [0, 0.1) is 12.8 Å². The van der Waals surface area contributed by atoms with Crippen LogP contribution in [-0.2, 0) is 5.41 Å². The third-order valence-corrected chi connectivity index (χ3v) is 7.49. The first-order valence-corrected chi connectivity index (χ1v) is 10.2.